The fraction of sp³-hybridized carbons (Fsp3) is 0. The van der Waals surface area contributed by atoms with E-state index in [1.54, 1.807) is 12.4 Å². The van der Waals surface area contributed by atoms with E-state index in [0.29, 0.717) is 5.02 Å². The molecule has 0 saturated heterocycles. The van der Waals surface area contributed by atoms with Gasteiger partial charge in [-0.3, -0.25) is 4.98 Å². The van der Waals surface area contributed by atoms with E-state index in [4.69, 9.17) is 11.6 Å². The Morgan fingerprint density at radius 3 is 2.42 bits per heavy atom. The van der Waals surface area contributed by atoms with E-state index in [0.717, 1.165) is 21.4 Å². The van der Waals surface area contributed by atoms with Crippen LogP contribution in [0.2, 0.25) is 5.02 Å². The van der Waals surface area contributed by atoms with Crippen LogP contribution in [0.4, 0.5) is 10.8 Å². The van der Waals surface area contributed by atoms with Crippen molar-refractivity contribution in [2.24, 2.45) is 0 Å². The lowest BCUT2D eigenvalue weighted by Gasteiger charge is -2.00. The summed E-state index contributed by atoms with van der Waals surface area (Å²) in [5.41, 5.74) is 1.94. The van der Waals surface area contributed by atoms with Gasteiger partial charge in [-0.2, -0.15) is 0 Å². The molecule has 0 atom stereocenters. The third kappa shape index (κ3) is 2.89. The quantitative estimate of drug-likeness (QED) is 0.791. The second-order valence-electron chi connectivity index (χ2n) is 3.78. The number of aromatic nitrogens is 3. The first-order valence-electron chi connectivity index (χ1n) is 5.58. The zero-order valence-corrected chi connectivity index (χ0v) is 11.3. The largest absolute Gasteiger partial charge is 0.330 e. The molecular weight excluding hydrogens is 280 g/mol. The van der Waals surface area contributed by atoms with E-state index in [1.165, 1.54) is 11.3 Å². The van der Waals surface area contributed by atoms with E-state index < -0.39 is 0 Å². The third-order valence-electron chi connectivity index (χ3n) is 2.45. The Balaban J connectivity index is 1.80. The van der Waals surface area contributed by atoms with E-state index >= 15 is 0 Å². The number of hydrogen-bond donors (Lipinski definition) is 1. The van der Waals surface area contributed by atoms with Gasteiger partial charge >= 0.3 is 0 Å². The minimum absolute atomic E-state index is 0.709. The first-order chi connectivity index (χ1) is 9.31. The predicted octanol–water partition coefficient (Wildman–Crippen LogP) is 4.00. The molecule has 0 amide bonds. The number of nitrogens with one attached hydrogen (secondary N) is 1. The van der Waals surface area contributed by atoms with Gasteiger partial charge in [0, 0.05) is 28.7 Å². The number of halogens is 1. The summed E-state index contributed by atoms with van der Waals surface area (Å²) in [6.45, 7) is 0. The lowest BCUT2D eigenvalue weighted by molar-refractivity contribution is 1.10. The molecule has 2 heterocycles. The second-order valence-corrected chi connectivity index (χ2v) is 5.19. The molecule has 2 aromatic heterocycles. The summed E-state index contributed by atoms with van der Waals surface area (Å²) in [5, 5.41) is 13.8. The minimum Gasteiger partial charge on any atom is -0.330 e. The number of nitrogens with zero attached hydrogens (tertiary/aromatic N) is 3. The molecule has 94 valence electrons. The van der Waals surface area contributed by atoms with Gasteiger partial charge in [0.25, 0.3) is 0 Å². The fourth-order valence-electron chi connectivity index (χ4n) is 1.54. The van der Waals surface area contributed by atoms with E-state index in [2.05, 4.69) is 20.5 Å². The molecule has 1 aromatic carbocycles. The number of rotatable bonds is 3. The van der Waals surface area contributed by atoms with Crippen molar-refractivity contribution in [3.8, 4) is 10.6 Å². The van der Waals surface area contributed by atoms with Crippen LogP contribution in [0.1, 0.15) is 0 Å². The molecular formula is C13H9ClN4S. The Morgan fingerprint density at radius 2 is 1.68 bits per heavy atom. The third-order valence-corrected chi connectivity index (χ3v) is 3.59. The van der Waals surface area contributed by atoms with Crippen LogP contribution in [0.15, 0.2) is 48.8 Å². The Bertz CT molecular complexity index is 667. The van der Waals surface area contributed by atoms with Crippen LogP contribution in [0.3, 0.4) is 0 Å². The zero-order chi connectivity index (χ0) is 13.1. The lowest BCUT2D eigenvalue weighted by atomic mass is 10.3. The Morgan fingerprint density at radius 1 is 0.947 bits per heavy atom. The van der Waals surface area contributed by atoms with Gasteiger partial charge in [0.2, 0.25) is 5.13 Å². The van der Waals surface area contributed by atoms with Crippen LogP contribution < -0.4 is 5.32 Å². The van der Waals surface area contributed by atoms with Gasteiger partial charge in [0.15, 0.2) is 0 Å². The first-order valence-corrected chi connectivity index (χ1v) is 6.77. The summed E-state index contributed by atoms with van der Waals surface area (Å²) in [5.74, 6) is 0. The molecule has 19 heavy (non-hydrogen) atoms. The monoisotopic (exact) mass is 288 g/mol. The maximum Gasteiger partial charge on any atom is 0.210 e. The summed E-state index contributed by atoms with van der Waals surface area (Å²) >= 11 is 7.33. The Kier molecular flexibility index (Phi) is 3.39. The molecule has 1 N–H and O–H groups in total. The predicted molar refractivity (Wildman–Crippen MR) is 77.9 cm³/mol. The fourth-order valence-corrected chi connectivity index (χ4v) is 2.44. The smallest absolute Gasteiger partial charge is 0.210 e. The van der Waals surface area contributed by atoms with Crippen molar-refractivity contribution in [2.45, 2.75) is 0 Å². The van der Waals surface area contributed by atoms with Crippen LogP contribution >= 0.6 is 22.9 Å². The van der Waals surface area contributed by atoms with Crippen LogP contribution in [-0.4, -0.2) is 15.2 Å². The highest BCUT2D eigenvalue weighted by Gasteiger charge is 2.06. The highest BCUT2D eigenvalue weighted by Crippen LogP contribution is 2.28. The highest BCUT2D eigenvalue weighted by atomic mass is 35.5. The van der Waals surface area contributed by atoms with Gasteiger partial charge in [0.1, 0.15) is 5.01 Å². The number of hydrogen-bond acceptors (Lipinski definition) is 5. The van der Waals surface area contributed by atoms with Crippen molar-refractivity contribution in [3.63, 3.8) is 0 Å². The standard InChI is InChI=1S/C13H9ClN4S/c14-10-1-3-11(4-2-10)16-13-18-17-12(19-13)9-5-7-15-8-6-9/h1-8H,(H,16,18). The normalized spacial score (nSPS) is 10.4. The zero-order valence-electron chi connectivity index (χ0n) is 9.75. The summed E-state index contributed by atoms with van der Waals surface area (Å²) in [4.78, 5) is 3.98. The van der Waals surface area contributed by atoms with Crippen LogP contribution in [0, 0.1) is 0 Å². The van der Waals surface area contributed by atoms with Crippen molar-refractivity contribution in [1.82, 2.24) is 15.2 Å². The molecule has 6 heteroatoms. The molecule has 0 aliphatic rings. The highest BCUT2D eigenvalue weighted by molar-refractivity contribution is 7.18. The molecule has 0 spiro atoms. The SMILES string of the molecule is Clc1ccc(Nc2nnc(-c3ccncc3)s2)cc1. The van der Waals surface area contributed by atoms with Gasteiger partial charge in [0.05, 0.1) is 0 Å². The number of benzene rings is 1. The molecule has 3 rings (SSSR count). The first kappa shape index (κ1) is 12.1. The summed E-state index contributed by atoms with van der Waals surface area (Å²) in [6, 6.07) is 11.3. The molecule has 0 saturated carbocycles. The number of pyridine rings is 1. The Hall–Kier alpha value is -1.98. The molecule has 0 aliphatic heterocycles. The lowest BCUT2D eigenvalue weighted by Crippen LogP contribution is -1.88. The van der Waals surface area contributed by atoms with Crippen LogP contribution in [0.5, 0.6) is 0 Å². The van der Waals surface area contributed by atoms with Crippen molar-refractivity contribution in [2.75, 3.05) is 5.32 Å². The molecule has 4 nitrogen and oxygen atoms in total. The number of anilines is 2. The summed E-state index contributed by atoms with van der Waals surface area (Å²) in [7, 11) is 0. The maximum atomic E-state index is 5.84. The van der Waals surface area contributed by atoms with Gasteiger partial charge in [-0.05, 0) is 36.4 Å². The summed E-state index contributed by atoms with van der Waals surface area (Å²) in [6.07, 6.45) is 3.48. The molecule has 0 aliphatic carbocycles. The van der Waals surface area contributed by atoms with Gasteiger partial charge < -0.3 is 5.32 Å². The van der Waals surface area contributed by atoms with Gasteiger partial charge in [-0.25, -0.2) is 0 Å². The minimum atomic E-state index is 0.709. The van der Waals surface area contributed by atoms with E-state index in [-0.39, 0.29) is 0 Å². The topological polar surface area (TPSA) is 50.7 Å². The van der Waals surface area contributed by atoms with E-state index in [9.17, 15) is 0 Å². The maximum absolute atomic E-state index is 5.84. The van der Waals surface area contributed by atoms with Crippen molar-refractivity contribution in [3.05, 3.63) is 53.8 Å². The van der Waals surface area contributed by atoms with Crippen molar-refractivity contribution in [1.29, 1.82) is 0 Å². The summed E-state index contributed by atoms with van der Waals surface area (Å²) < 4.78 is 0. The molecule has 0 bridgehead atoms. The Labute approximate surface area is 119 Å². The van der Waals surface area contributed by atoms with E-state index in [1.807, 2.05) is 36.4 Å². The van der Waals surface area contributed by atoms with Crippen LogP contribution in [0.25, 0.3) is 10.6 Å². The molecule has 0 fully saturated rings. The van der Waals surface area contributed by atoms with Crippen LogP contribution in [-0.2, 0) is 0 Å². The average molecular weight is 289 g/mol. The average Bonchev–Trinajstić information content (AvgIpc) is 2.91. The molecule has 0 unspecified atom stereocenters. The second kappa shape index (κ2) is 5.34. The molecule has 0 radical (unpaired) electrons. The molecule has 3 aromatic rings. The van der Waals surface area contributed by atoms with Gasteiger partial charge in [-0.15, -0.1) is 10.2 Å². The van der Waals surface area contributed by atoms with Crippen molar-refractivity contribution < 1.29 is 0 Å². The van der Waals surface area contributed by atoms with Gasteiger partial charge in [-0.1, -0.05) is 22.9 Å². The van der Waals surface area contributed by atoms with Crippen molar-refractivity contribution >= 4 is 33.8 Å².